The molecule has 0 amide bonds. The van der Waals surface area contributed by atoms with E-state index in [0.29, 0.717) is 23.6 Å². The van der Waals surface area contributed by atoms with Crippen LogP contribution in [0, 0.1) is 10.8 Å². The maximum Gasteiger partial charge on any atom is 0.0595 e. The van der Waals surface area contributed by atoms with Crippen molar-refractivity contribution in [2.24, 2.45) is 10.8 Å². The molecular weight excluding hydrogens is 372 g/mol. The van der Waals surface area contributed by atoms with Gasteiger partial charge in [0.15, 0.2) is 0 Å². The maximum atomic E-state index is 8.92. The van der Waals surface area contributed by atoms with Gasteiger partial charge in [0.05, 0.1) is 6.17 Å². The highest BCUT2D eigenvalue weighted by Gasteiger charge is 2.23. The Morgan fingerprint density at radius 2 is 1.37 bits per heavy atom. The molecule has 0 aromatic rings. The number of hydrogen-bond donors (Lipinski definition) is 2. The van der Waals surface area contributed by atoms with E-state index in [4.69, 9.17) is 9.84 Å². The maximum absolute atomic E-state index is 8.92. The Bertz CT molecular complexity index is 412. The number of ether oxygens (including phenoxy) is 1. The summed E-state index contributed by atoms with van der Waals surface area (Å²) in [5.41, 5.74) is 0.861. The lowest BCUT2D eigenvalue weighted by atomic mass is 9.82. The number of unbranched alkanes of at least 4 members (excludes halogenated alkanes) is 3. The van der Waals surface area contributed by atoms with E-state index in [9.17, 15) is 0 Å². The van der Waals surface area contributed by atoms with Crippen molar-refractivity contribution in [3.63, 3.8) is 0 Å². The van der Waals surface area contributed by atoms with Crippen molar-refractivity contribution in [3.05, 3.63) is 0 Å². The molecule has 0 radical (unpaired) electrons. The third-order valence-electron chi connectivity index (χ3n) is 6.95. The van der Waals surface area contributed by atoms with Crippen LogP contribution in [-0.4, -0.2) is 55.6 Å². The quantitative estimate of drug-likeness (QED) is 0.249. The molecule has 4 heteroatoms. The average Bonchev–Trinajstić information content (AvgIpc) is 3.14. The van der Waals surface area contributed by atoms with E-state index >= 15 is 0 Å². The van der Waals surface area contributed by atoms with Crippen molar-refractivity contribution < 1.29 is 9.84 Å². The first-order valence-electron chi connectivity index (χ1n) is 13.0. The van der Waals surface area contributed by atoms with Gasteiger partial charge in [-0.25, -0.2) is 0 Å². The van der Waals surface area contributed by atoms with Gasteiger partial charge < -0.3 is 15.2 Å². The summed E-state index contributed by atoms with van der Waals surface area (Å²) in [6, 6.07) is 0. The normalized spacial score (nSPS) is 18.4. The van der Waals surface area contributed by atoms with Gasteiger partial charge in [-0.1, -0.05) is 53.9 Å². The van der Waals surface area contributed by atoms with Crippen molar-refractivity contribution >= 4 is 0 Å². The Hall–Kier alpha value is -0.160. The van der Waals surface area contributed by atoms with Crippen molar-refractivity contribution in [1.29, 1.82) is 0 Å². The van der Waals surface area contributed by atoms with Crippen LogP contribution in [0.3, 0.4) is 0 Å². The van der Waals surface area contributed by atoms with Gasteiger partial charge in [0, 0.05) is 32.9 Å². The highest BCUT2D eigenvalue weighted by molar-refractivity contribution is 4.78. The SMILES string of the molecule is CCC1NCCN1CCCC(C)(C)CCCCOCCCCC(C)(C)CCCCO. The zero-order chi connectivity index (χ0) is 22.3. The number of nitrogens with one attached hydrogen (secondary N) is 1. The van der Waals surface area contributed by atoms with Gasteiger partial charge in [-0.2, -0.15) is 0 Å². The molecule has 30 heavy (non-hydrogen) atoms. The monoisotopic (exact) mass is 426 g/mol. The summed E-state index contributed by atoms with van der Waals surface area (Å²) in [4.78, 5) is 2.63. The lowest BCUT2D eigenvalue weighted by Crippen LogP contribution is -2.35. The van der Waals surface area contributed by atoms with Crippen LogP contribution in [0.15, 0.2) is 0 Å². The molecule has 0 aromatic heterocycles. The Morgan fingerprint density at radius 3 is 1.90 bits per heavy atom. The second-order valence-corrected chi connectivity index (χ2v) is 11.1. The number of rotatable bonds is 19. The van der Waals surface area contributed by atoms with Gasteiger partial charge >= 0.3 is 0 Å². The molecule has 0 aromatic carbocycles. The minimum Gasteiger partial charge on any atom is -0.396 e. The van der Waals surface area contributed by atoms with Gasteiger partial charge in [0.25, 0.3) is 0 Å². The molecule has 0 spiro atoms. The minimum absolute atomic E-state index is 0.330. The van der Waals surface area contributed by atoms with E-state index in [-0.39, 0.29) is 0 Å². The second-order valence-electron chi connectivity index (χ2n) is 11.1. The highest BCUT2D eigenvalue weighted by atomic mass is 16.5. The van der Waals surface area contributed by atoms with E-state index in [1.54, 1.807) is 0 Å². The number of hydrogen-bond acceptors (Lipinski definition) is 4. The third-order valence-corrected chi connectivity index (χ3v) is 6.95. The van der Waals surface area contributed by atoms with Crippen molar-refractivity contribution in [1.82, 2.24) is 10.2 Å². The lowest BCUT2D eigenvalue weighted by molar-refractivity contribution is 0.119. The Balaban J connectivity index is 1.96. The van der Waals surface area contributed by atoms with E-state index < -0.39 is 0 Å². The number of aliphatic hydroxyl groups excluding tert-OH is 1. The largest absolute Gasteiger partial charge is 0.396 e. The summed E-state index contributed by atoms with van der Waals surface area (Å²) in [6.07, 6.45) is 15.3. The molecule has 0 bridgehead atoms. The molecular formula is C26H54N2O2. The molecule has 1 rings (SSSR count). The van der Waals surface area contributed by atoms with E-state index in [1.165, 1.54) is 77.3 Å². The minimum atomic E-state index is 0.330. The van der Waals surface area contributed by atoms with Crippen LogP contribution in [0.1, 0.15) is 112 Å². The second kappa shape index (κ2) is 15.6. The summed E-state index contributed by atoms with van der Waals surface area (Å²) in [7, 11) is 0. The van der Waals surface area contributed by atoms with Crippen LogP contribution in [0.4, 0.5) is 0 Å². The van der Waals surface area contributed by atoms with Gasteiger partial charge in [-0.3, -0.25) is 4.90 Å². The van der Waals surface area contributed by atoms with E-state index in [1.807, 2.05) is 0 Å². The van der Waals surface area contributed by atoms with Crippen molar-refractivity contribution in [2.45, 2.75) is 118 Å². The van der Waals surface area contributed by atoms with E-state index in [0.717, 1.165) is 32.6 Å². The summed E-state index contributed by atoms with van der Waals surface area (Å²) < 4.78 is 5.89. The molecule has 2 N–H and O–H groups in total. The zero-order valence-electron chi connectivity index (χ0n) is 21.1. The average molecular weight is 427 g/mol. The number of aliphatic hydroxyl groups is 1. The van der Waals surface area contributed by atoms with Gasteiger partial charge in [0.1, 0.15) is 0 Å². The molecule has 1 aliphatic heterocycles. The fourth-order valence-electron chi connectivity index (χ4n) is 4.77. The Labute approximate surface area is 188 Å². The predicted molar refractivity (Wildman–Crippen MR) is 130 cm³/mol. The zero-order valence-corrected chi connectivity index (χ0v) is 21.1. The highest BCUT2D eigenvalue weighted by Crippen LogP contribution is 2.30. The number of nitrogens with zero attached hydrogens (tertiary/aromatic N) is 1. The first-order valence-corrected chi connectivity index (χ1v) is 13.0. The first kappa shape index (κ1) is 27.9. The van der Waals surface area contributed by atoms with E-state index in [2.05, 4.69) is 44.8 Å². The molecule has 180 valence electrons. The van der Waals surface area contributed by atoms with Crippen LogP contribution in [0.5, 0.6) is 0 Å². The summed E-state index contributed by atoms with van der Waals surface area (Å²) in [5.74, 6) is 0. The molecule has 1 saturated heterocycles. The van der Waals surface area contributed by atoms with Gasteiger partial charge in [-0.05, 0) is 75.2 Å². The smallest absolute Gasteiger partial charge is 0.0595 e. The topological polar surface area (TPSA) is 44.7 Å². The molecule has 1 aliphatic rings. The van der Waals surface area contributed by atoms with Crippen molar-refractivity contribution in [3.8, 4) is 0 Å². The fourth-order valence-corrected chi connectivity index (χ4v) is 4.77. The molecule has 1 unspecified atom stereocenters. The van der Waals surface area contributed by atoms with Crippen molar-refractivity contribution in [2.75, 3.05) is 39.5 Å². The molecule has 1 atom stereocenters. The fraction of sp³-hybridized carbons (Fsp3) is 1.00. The Kier molecular flexibility index (Phi) is 14.5. The summed E-state index contributed by atoms with van der Waals surface area (Å²) >= 11 is 0. The molecule has 0 saturated carbocycles. The molecule has 1 heterocycles. The van der Waals surface area contributed by atoms with Crippen LogP contribution in [0.2, 0.25) is 0 Å². The molecule has 1 fully saturated rings. The van der Waals surface area contributed by atoms with Crippen LogP contribution in [0.25, 0.3) is 0 Å². The first-order chi connectivity index (χ1) is 14.3. The molecule has 0 aliphatic carbocycles. The summed E-state index contributed by atoms with van der Waals surface area (Å²) in [5, 5.41) is 12.5. The van der Waals surface area contributed by atoms with Gasteiger partial charge in [0.2, 0.25) is 0 Å². The molecule has 4 nitrogen and oxygen atoms in total. The Morgan fingerprint density at radius 1 is 0.833 bits per heavy atom. The predicted octanol–water partition coefficient (Wildman–Crippen LogP) is 5.98. The van der Waals surface area contributed by atoms with Crippen LogP contribution >= 0.6 is 0 Å². The van der Waals surface area contributed by atoms with Crippen LogP contribution in [-0.2, 0) is 4.74 Å². The standard InChI is InChI=1S/C26H54N2O2/c1-6-24-27-18-20-28(24)19-13-17-26(4,5)16-9-12-23-30-22-11-8-15-25(2,3)14-7-10-21-29/h24,27,29H,6-23H2,1-5H3. The van der Waals surface area contributed by atoms with Gasteiger partial charge in [-0.15, -0.1) is 0 Å². The lowest BCUT2D eigenvalue weighted by Gasteiger charge is -2.27. The summed E-state index contributed by atoms with van der Waals surface area (Å²) in [6.45, 7) is 17.7. The van der Waals surface area contributed by atoms with Crippen LogP contribution < -0.4 is 5.32 Å². The third kappa shape index (κ3) is 13.3.